The van der Waals surface area contributed by atoms with Crippen molar-refractivity contribution in [3.63, 3.8) is 0 Å². The number of aromatic hydroxyl groups is 1. The van der Waals surface area contributed by atoms with Crippen molar-refractivity contribution < 1.29 is 76.0 Å². The summed E-state index contributed by atoms with van der Waals surface area (Å²) in [4.78, 5) is 143. The smallest absolute Gasteiger partial charge is 0.471 e. The van der Waals surface area contributed by atoms with Gasteiger partial charge < -0.3 is 57.3 Å². The first-order valence-corrected chi connectivity index (χ1v) is 39.6. The number of hydrogen-bond donors (Lipinski definition) is 9. The van der Waals surface area contributed by atoms with E-state index in [0.717, 1.165) is 52.7 Å². The molecule has 6 atom stereocenters. The Morgan fingerprint density at radius 1 is 0.609 bits per heavy atom. The number of rotatable bonds is 36. The molecule has 9 aromatic rings. The zero-order valence-corrected chi connectivity index (χ0v) is 66.5. The number of ether oxygens (including phenoxy) is 2. The number of carboxylic acid groups (broad SMARTS) is 1. The fourth-order valence-electron chi connectivity index (χ4n) is 12.8. The average Bonchev–Trinajstić information content (AvgIpc) is 0.744. The van der Waals surface area contributed by atoms with Gasteiger partial charge in [0.15, 0.2) is 16.8 Å². The highest BCUT2D eigenvalue weighted by Crippen LogP contribution is 2.50. The lowest BCUT2D eigenvalue weighted by atomic mass is 9.79. The molecule has 0 fully saturated rings. The number of nitrogens with zero attached hydrogens (tertiary/aromatic N) is 5. The summed E-state index contributed by atoms with van der Waals surface area (Å²) in [5.74, 6) is -10.8. The first-order chi connectivity index (χ1) is 54.8. The number of halogens is 4. The van der Waals surface area contributed by atoms with Crippen LogP contribution in [-0.2, 0) is 59.9 Å². The van der Waals surface area contributed by atoms with Crippen molar-refractivity contribution in [3.05, 3.63) is 256 Å². The number of thioether (sulfide) groups is 2. The number of anilines is 2. The van der Waals surface area contributed by atoms with Gasteiger partial charge in [-0.1, -0.05) is 195 Å². The van der Waals surface area contributed by atoms with Crippen molar-refractivity contribution in [3.8, 4) is 5.88 Å². The minimum absolute atomic E-state index is 0.0000606. The van der Waals surface area contributed by atoms with Crippen molar-refractivity contribution in [2.75, 3.05) is 34.9 Å². The average molecular weight is 1630 g/mol. The summed E-state index contributed by atoms with van der Waals surface area (Å²) >= 11 is 9.93. The molecule has 0 bridgehead atoms. The fourth-order valence-corrected chi connectivity index (χ4v) is 15.0. The first-order valence-electron chi connectivity index (χ1n) is 36.9. The van der Waals surface area contributed by atoms with E-state index < -0.39 is 137 Å². The van der Waals surface area contributed by atoms with Gasteiger partial charge in [0.25, 0.3) is 5.91 Å². The Balaban J connectivity index is 0.975. The highest BCUT2D eigenvalue weighted by atomic mass is 35.5. The fraction of sp³-hybridized carbons (Fsp3) is 0.321. The third kappa shape index (κ3) is 23.1. The first kappa shape index (κ1) is 87.3. The van der Waals surface area contributed by atoms with E-state index in [1.165, 1.54) is 23.5 Å². The van der Waals surface area contributed by atoms with E-state index in [1.54, 1.807) is 65.1 Å². The Kier molecular flexibility index (Phi) is 30.3. The molecule has 7 amide bonds. The number of carboxylic acids is 1. The van der Waals surface area contributed by atoms with Gasteiger partial charge >= 0.3 is 30.1 Å². The van der Waals surface area contributed by atoms with Crippen LogP contribution in [0.3, 0.4) is 0 Å². The molecule has 9 rings (SSSR count). The van der Waals surface area contributed by atoms with E-state index in [9.17, 15) is 52.2 Å². The van der Waals surface area contributed by atoms with Crippen LogP contribution in [-0.4, -0.2) is 150 Å². The van der Waals surface area contributed by atoms with Crippen molar-refractivity contribution >= 4 is 111 Å². The summed E-state index contributed by atoms with van der Waals surface area (Å²) in [5, 5.41) is 37.2. The number of unbranched alkanes of at least 4 members (excludes halogenated alkanes) is 1. The molecule has 2 unspecified atom stereocenters. The molecule has 31 heteroatoms. The maximum absolute atomic E-state index is 16.3. The number of fused-ring (bicyclic) bond motifs is 1. The Bertz CT molecular complexity index is 4780. The second-order valence-corrected chi connectivity index (χ2v) is 31.0. The maximum Gasteiger partial charge on any atom is 0.471 e. The van der Waals surface area contributed by atoms with Crippen molar-refractivity contribution in [2.45, 2.75) is 139 Å². The zero-order chi connectivity index (χ0) is 83.2. The Hall–Kier alpha value is -11.6. The van der Waals surface area contributed by atoms with E-state index in [1.807, 2.05) is 153 Å². The highest BCUT2D eigenvalue weighted by Gasteiger charge is 2.47. The van der Waals surface area contributed by atoms with Gasteiger partial charge in [-0.05, 0) is 125 Å². The molecule has 604 valence electrons. The quantitative estimate of drug-likeness (QED) is 0.0100. The second-order valence-electron chi connectivity index (χ2n) is 28.4. The molecule has 0 aliphatic carbocycles. The minimum atomic E-state index is -5.41. The van der Waals surface area contributed by atoms with Gasteiger partial charge in [-0.25, -0.2) is 24.4 Å². The van der Waals surface area contributed by atoms with Crippen molar-refractivity contribution in [1.82, 2.24) is 51.8 Å². The Labute approximate surface area is 676 Å². The molecule has 2 heterocycles. The standard InChI is InChI=1S/C84H90ClF3N12O13S2/c1-51(2)68(97-73(104)64(45-47-114-7)93-67(101)44-43-65(76(107)108)95-71(102)53-37-41-60(42-38-53)100(78(110)84(86,87)88)49-59-48-91-70-69(92-59)75(106)99-79(89)98-70)74(105)94-63(34-22-23-46-90-80(111)113-81(4,5)6)72(103)96-66(50-115-83(56-26-14-9-15-27-56,57-28-16-10-17-29-57)58-30-18-11-19-31-58)77(109)112-82(54-24-12-8-13-25-54,55-39-35-52(3)36-40-55)61-32-20-21-33-62(61)85/h8-21,24-33,35-42,48,51,63-66,68H,22-23,34,43-47,49-50H2,1-7H3,(H,90,111)(H,93,101)(H,94,105)(H,95,102)(H,96,103)(H,97,104)(H,107,108)(H3,89,91,98,99,106)/t63-,64-,65?,66-,68-,82?/m1/s1. The second kappa shape index (κ2) is 39.9. The summed E-state index contributed by atoms with van der Waals surface area (Å²) in [7, 11) is 0. The molecule has 7 aromatic carbocycles. The minimum Gasteiger partial charge on any atom is -0.492 e. The summed E-state index contributed by atoms with van der Waals surface area (Å²) < 4.78 is 53.6. The van der Waals surface area contributed by atoms with Crippen LogP contribution in [0.5, 0.6) is 5.88 Å². The highest BCUT2D eigenvalue weighted by molar-refractivity contribution is 8.00. The van der Waals surface area contributed by atoms with Crippen LogP contribution in [0.2, 0.25) is 5.02 Å². The van der Waals surface area contributed by atoms with Gasteiger partial charge in [0, 0.05) is 51.7 Å². The van der Waals surface area contributed by atoms with Gasteiger partial charge in [-0.2, -0.15) is 34.9 Å². The van der Waals surface area contributed by atoms with E-state index >= 15 is 14.4 Å². The van der Waals surface area contributed by atoms with Crippen LogP contribution in [0, 0.1) is 12.8 Å². The Morgan fingerprint density at radius 3 is 1.71 bits per heavy atom. The third-order valence-corrected chi connectivity index (χ3v) is 21.1. The molecule has 0 spiro atoms. The monoisotopic (exact) mass is 1630 g/mol. The van der Waals surface area contributed by atoms with E-state index in [-0.39, 0.29) is 82.0 Å². The van der Waals surface area contributed by atoms with Crippen molar-refractivity contribution in [2.24, 2.45) is 5.92 Å². The van der Waals surface area contributed by atoms with Crippen molar-refractivity contribution in [1.29, 1.82) is 0 Å². The number of aryl methyl sites for hydroxylation is 1. The zero-order valence-electron chi connectivity index (χ0n) is 64.1. The summed E-state index contributed by atoms with van der Waals surface area (Å²) in [6.07, 6.45) is -4.07. The molecule has 0 aliphatic heterocycles. The molecule has 0 aliphatic rings. The topological polar surface area (TPSA) is 366 Å². The van der Waals surface area contributed by atoms with Crippen LogP contribution in [0.1, 0.15) is 128 Å². The summed E-state index contributed by atoms with van der Waals surface area (Å²) in [6, 6.07) is 49.3. The SMILES string of the molecule is CSCC[C@@H](NC(=O)CCC(NC(=O)c1ccc(N(Cc2cnc3nc(N)nc(O)c3n2)C(=O)C(F)(F)F)cc1)C(=O)O)C(=O)N[C@@H](C(=O)N[C@H](CCCCNC(=O)OC(C)(C)C)C(=O)N[C@H](CSC(c1ccccc1)(c1ccccc1)c1ccccc1)C(=O)OC(c1ccccc1)(c1ccc(C)cc1)c1ccccc1Cl)C(C)C. The number of alkyl carbamates (subject to hydrolysis) is 1. The Morgan fingerprint density at radius 2 is 1.16 bits per heavy atom. The van der Waals surface area contributed by atoms with Gasteiger partial charge in [0.05, 0.1) is 23.2 Å². The molecule has 2 aromatic heterocycles. The van der Waals surface area contributed by atoms with Gasteiger partial charge in [0.2, 0.25) is 35.5 Å². The number of amides is 7. The molecular weight excluding hydrogens is 1540 g/mol. The van der Waals surface area contributed by atoms with Gasteiger partial charge in [-0.15, -0.1) is 11.8 Å². The number of hydrogen-bond acceptors (Lipinski definition) is 19. The van der Waals surface area contributed by atoms with Gasteiger partial charge in [0.1, 0.15) is 35.8 Å². The number of nitrogens with two attached hydrogens (primary N) is 1. The van der Waals surface area contributed by atoms with Crippen LogP contribution in [0.25, 0.3) is 11.2 Å². The molecule has 10 N–H and O–H groups in total. The molecule has 0 saturated carbocycles. The lowest BCUT2D eigenvalue weighted by molar-refractivity contribution is -0.170. The number of benzene rings is 7. The third-order valence-electron chi connectivity index (χ3n) is 18.5. The number of alkyl halides is 3. The van der Waals surface area contributed by atoms with E-state index in [0.29, 0.717) is 22.4 Å². The normalized spacial score (nSPS) is 13.5. The summed E-state index contributed by atoms with van der Waals surface area (Å²) in [6.45, 7) is 9.62. The molecule has 0 radical (unpaired) electrons. The number of esters is 1. The molecule has 25 nitrogen and oxygen atoms in total. The number of carbonyl (C=O) groups is 9. The number of nitrogens with one attached hydrogen (secondary N) is 6. The van der Waals surface area contributed by atoms with Crippen LogP contribution in [0.4, 0.5) is 29.6 Å². The van der Waals surface area contributed by atoms with Crippen LogP contribution in [0.15, 0.2) is 200 Å². The predicted octanol–water partition coefficient (Wildman–Crippen LogP) is 12.0. The molecular formula is C84H90ClF3N12O13S2. The molecule has 0 saturated heterocycles. The molecule has 115 heavy (non-hydrogen) atoms. The largest absolute Gasteiger partial charge is 0.492 e. The maximum atomic E-state index is 16.3. The van der Waals surface area contributed by atoms with Crippen LogP contribution >= 0.6 is 35.1 Å². The van der Waals surface area contributed by atoms with Crippen LogP contribution < -0.4 is 42.5 Å². The lowest BCUT2D eigenvalue weighted by Gasteiger charge is -2.39. The number of aliphatic carboxylic acids is 1. The number of nitrogen functional groups attached to an aromatic ring is 1. The van der Waals surface area contributed by atoms with E-state index in [2.05, 4.69) is 51.8 Å². The van der Waals surface area contributed by atoms with Gasteiger partial charge in [-0.3, -0.25) is 33.7 Å². The summed E-state index contributed by atoms with van der Waals surface area (Å²) in [5.41, 5.74) is 6.50. The number of carbonyl (C=O) groups excluding carboxylic acids is 8. The predicted molar refractivity (Wildman–Crippen MR) is 433 cm³/mol. The number of aromatic nitrogens is 4. The van der Waals surface area contributed by atoms with E-state index in [4.69, 9.17) is 26.8 Å². The lowest BCUT2D eigenvalue weighted by Crippen LogP contribution is -2.59.